The van der Waals surface area contributed by atoms with Crippen LogP contribution in [0, 0.1) is 0 Å². The normalized spacial score (nSPS) is 11.4. The molecule has 1 aromatic carbocycles. The molecule has 2 N–H and O–H groups in total. The lowest BCUT2D eigenvalue weighted by Crippen LogP contribution is -2.24. The second-order valence-corrected chi connectivity index (χ2v) is 8.73. The van der Waals surface area contributed by atoms with Crippen LogP contribution in [0.1, 0.15) is 42.8 Å². The molecule has 0 atom stereocenters. The van der Waals surface area contributed by atoms with Crippen LogP contribution < -0.4 is 10.6 Å². The van der Waals surface area contributed by atoms with Gasteiger partial charge < -0.3 is 15.2 Å². The van der Waals surface area contributed by atoms with Crippen LogP contribution in [-0.2, 0) is 19.0 Å². The third-order valence-electron chi connectivity index (χ3n) is 4.55. The molecule has 3 heterocycles. The molecule has 0 fully saturated rings. The van der Waals surface area contributed by atoms with Gasteiger partial charge in [0.15, 0.2) is 5.82 Å². The standard InChI is InChI=1S/C21H22ClN9O2/c1-21(2,3)19-28-17(30-33-19)18(32)23-8-13-6-5-12(7-15(13)22)16-24-11-25-20(29-16)27-14-9-26-31(4)10-14/h5-7,9-11H,8H2,1-4H3,(H,23,32)(H,24,25,27,29). The summed E-state index contributed by atoms with van der Waals surface area (Å²) in [6.07, 6.45) is 4.89. The van der Waals surface area contributed by atoms with Crippen molar-refractivity contribution in [1.82, 2.24) is 40.2 Å². The molecule has 4 aromatic rings. The lowest BCUT2D eigenvalue weighted by atomic mass is 9.97. The van der Waals surface area contributed by atoms with Gasteiger partial charge in [0, 0.05) is 35.8 Å². The van der Waals surface area contributed by atoms with E-state index in [2.05, 4.69) is 40.8 Å². The average Bonchev–Trinajstić information content (AvgIpc) is 3.42. The van der Waals surface area contributed by atoms with Crippen LogP contribution in [0.3, 0.4) is 0 Å². The molecular formula is C21H22ClN9O2. The van der Waals surface area contributed by atoms with Crippen molar-refractivity contribution in [2.24, 2.45) is 7.05 Å². The van der Waals surface area contributed by atoms with E-state index in [4.69, 9.17) is 16.1 Å². The molecule has 0 bridgehead atoms. The summed E-state index contributed by atoms with van der Waals surface area (Å²) in [4.78, 5) is 29.3. The Hall–Kier alpha value is -3.86. The maximum Gasteiger partial charge on any atom is 0.292 e. The highest BCUT2D eigenvalue weighted by Crippen LogP contribution is 2.24. The molecule has 12 heteroatoms. The van der Waals surface area contributed by atoms with Gasteiger partial charge in [0.05, 0.1) is 11.9 Å². The molecule has 0 radical (unpaired) electrons. The van der Waals surface area contributed by atoms with Crippen molar-refractivity contribution in [3.05, 3.63) is 59.2 Å². The molecule has 0 saturated carbocycles. The highest BCUT2D eigenvalue weighted by molar-refractivity contribution is 6.31. The number of benzene rings is 1. The van der Waals surface area contributed by atoms with Crippen molar-refractivity contribution in [1.29, 1.82) is 0 Å². The second kappa shape index (κ2) is 8.94. The van der Waals surface area contributed by atoms with E-state index >= 15 is 0 Å². The van der Waals surface area contributed by atoms with Gasteiger partial charge in [-0.3, -0.25) is 9.48 Å². The third kappa shape index (κ3) is 5.32. The Bertz CT molecular complexity index is 1290. The lowest BCUT2D eigenvalue weighted by molar-refractivity contribution is 0.0937. The van der Waals surface area contributed by atoms with Crippen LogP contribution in [-0.4, -0.2) is 40.8 Å². The Kier molecular flexibility index (Phi) is 6.05. The minimum absolute atomic E-state index is 0.0218. The largest absolute Gasteiger partial charge is 0.345 e. The first-order chi connectivity index (χ1) is 15.7. The first kappa shape index (κ1) is 22.3. The Balaban J connectivity index is 1.43. The molecule has 0 aliphatic carbocycles. The smallest absolute Gasteiger partial charge is 0.292 e. The van der Waals surface area contributed by atoms with Gasteiger partial charge in [-0.2, -0.15) is 15.1 Å². The number of aryl methyl sites for hydroxylation is 1. The number of carbonyl (C=O) groups is 1. The number of nitrogens with one attached hydrogen (secondary N) is 2. The zero-order chi connectivity index (χ0) is 23.6. The molecule has 0 saturated heterocycles. The second-order valence-electron chi connectivity index (χ2n) is 8.32. The summed E-state index contributed by atoms with van der Waals surface area (Å²) in [7, 11) is 1.82. The maximum atomic E-state index is 12.4. The van der Waals surface area contributed by atoms with E-state index in [0.717, 1.165) is 11.3 Å². The van der Waals surface area contributed by atoms with Crippen LogP contribution in [0.15, 0.2) is 41.4 Å². The molecule has 1 amide bonds. The van der Waals surface area contributed by atoms with Gasteiger partial charge in [-0.25, -0.2) is 9.97 Å². The molecular weight excluding hydrogens is 446 g/mol. The SMILES string of the molecule is Cn1cc(Nc2ncnc(-c3ccc(CNC(=O)c4noc(C(C)(C)C)n4)c(Cl)c3)n2)cn1. The predicted octanol–water partition coefficient (Wildman–Crippen LogP) is 3.28. The van der Waals surface area contributed by atoms with E-state index in [1.54, 1.807) is 23.0 Å². The summed E-state index contributed by atoms with van der Waals surface area (Å²) in [5.74, 6) is 0.764. The number of hydrogen-bond donors (Lipinski definition) is 2. The fraction of sp³-hybridized carbons (Fsp3) is 0.286. The van der Waals surface area contributed by atoms with Crippen LogP contribution >= 0.6 is 11.6 Å². The van der Waals surface area contributed by atoms with E-state index in [1.165, 1.54) is 6.33 Å². The van der Waals surface area contributed by atoms with Gasteiger partial charge >= 0.3 is 0 Å². The van der Waals surface area contributed by atoms with Crippen molar-refractivity contribution < 1.29 is 9.32 Å². The predicted molar refractivity (Wildman–Crippen MR) is 121 cm³/mol. The number of amides is 1. The molecule has 0 spiro atoms. The van der Waals surface area contributed by atoms with Gasteiger partial charge in [-0.05, 0) is 11.6 Å². The summed E-state index contributed by atoms with van der Waals surface area (Å²) in [5, 5.41) is 14.1. The quantitative estimate of drug-likeness (QED) is 0.437. The van der Waals surface area contributed by atoms with Gasteiger partial charge in [0.1, 0.15) is 6.33 Å². The monoisotopic (exact) mass is 467 g/mol. The van der Waals surface area contributed by atoms with Gasteiger partial charge in [-0.15, -0.1) is 0 Å². The molecule has 33 heavy (non-hydrogen) atoms. The van der Waals surface area contributed by atoms with Crippen molar-refractivity contribution >= 4 is 29.1 Å². The van der Waals surface area contributed by atoms with Crippen molar-refractivity contribution in [2.75, 3.05) is 5.32 Å². The number of halogens is 1. The number of aromatic nitrogens is 7. The molecule has 170 valence electrons. The average molecular weight is 468 g/mol. The minimum atomic E-state index is -0.446. The first-order valence-corrected chi connectivity index (χ1v) is 10.4. The molecule has 0 aliphatic rings. The van der Waals surface area contributed by atoms with E-state index in [1.807, 2.05) is 40.1 Å². The summed E-state index contributed by atoms with van der Waals surface area (Å²) >= 11 is 6.45. The number of rotatable bonds is 6. The van der Waals surface area contributed by atoms with E-state index in [9.17, 15) is 4.79 Å². The zero-order valence-electron chi connectivity index (χ0n) is 18.5. The van der Waals surface area contributed by atoms with Crippen molar-refractivity contribution in [3.8, 4) is 11.4 Å². The lowest BCUT2D eigenvalue weighted by Gasteiger charge is -2.10. The van der Waals surface area contributed by atoms with E-state index < -0.39 is 5.91 Å². The number of hydrogen-bond acceptors (Lipinski definition) is 9. The molecule has 11 nitrogen and oxygen atoms in total. The highest BCUT2D eigenvalue weighted by Gasteiger charge is 2.24. The van der Waals surface area contributed by atoms with Crippen molar-refractivity contribution in [2.45, 2.75) is 32.7 Å². The topological polar surface area (TPSA) is 137 Å². The van der Waals surface area contributed by atoms with Crippen molar-refractivity contribution in [3.63, 3.8) is 0 Å². The van der Waals surface area contributed by atoms with E-state index in [-0.39, 0.29) is 17.8 Å². The minimum Gasteiger partial charge on any atom is -0.345 e. The maximum absolute atomic E-state index is 12.4. The van der Waals surface area contributed by atoms with Crippen LogP contribution in [0.4, 0.5) is 11.6 Å². The number of nitrogens with zero attached hydrogens (tertiary/aromatic N) is 7. The molecule has 3 aromatic heterocycles. The summed E-state index contributed by atoms with van der Waals surface area (Å²) in [5.41, 5.74) is 1.85. The third-order valence-corrected chi connectivity index (χ3v) is 4.91. The Morgan fingerprint density at radius 1 is 1.21 bits per heavy atom. The fourth-order valence-electron chi connectivity index (χ4n) is 2.82. The van der Waals surface area contributed by atoms with Crippen LogP contribution in [0.25, 0.3) is 11.4 Å². The molecule has 0 aliphatic heterocycles. The summed E-state index contributed by atoms with van der Waals surface area (Å²) in [6, 6.07) is 5.35. The van der Waals surface area contributed by atoms with Gasteiger partial charge in [-0.1, -0.05) is 49.7 Å². The van der Waals surface area contributed by atoms with Gasteiger partial charge in [0.25, 0.3) is 11.7 Å². The molecule has 0 unspecified atom stereocenters. The summed E-state index contributed by atoms with van der Waals surface area (Å²) in [6.45, 7) is 5.97. The number of carbonyl (C=O) groups excluding carboxylic acids is 1. The summed E-state index contributed by atoms with van der Waals surface area (Å²) < 4.78 is 6.83. The zero-order valence-corrected chi connectivity index (χ0v) is 19.3. The number of anilines is 2. The Morgan fingerprint density at radius 2 is 2.03 bits per heavy atom. The first-order valence-electron chi connectivity index (χ1n) is 10.0. The molecule has 4 rings (SSSR count). The van der Waals surface area contributed by atoms with Crippen LogP contribution in [0.2, 0.25) is 5.02 Å². The highest BCUT2D eigenvalue weighted by atomic mass is 35.5. The van der Waals surface area contributed by atoms with Crippen LogP contribution in [0.5, 0.6) is 0 Å². The van der Waals surface area contributed by atoms with Gasteiger partial charge in [0.2, 0.25) is 11.8 Å². The Labute approximate surface area is 194 Å². The van der Waals surface area contributed by atoms with E-state index in [0.29, 0.717) is 28.2 Å². The fourth-order valence-corrected chi connectivity index (χ4v) is 3.06. The Morgan fingerprint density at radius 3 is 2.70 bits per heavy atom.